The second-order valence-electron chi connectivity index (χ2n) is 10.3. The number of nitrogens with zero attached hydrogens (tertiary/aromatic N) is 1. The molecule has 2 N–H and O–H groups in total. The lowest BCUT2D eigenvalue weighted by atomic mass is 9.45. The van der Waals surface area contributed by atoms with Crippen LogP contribution in [0, 0.1) is 30.1 Å². The summed E-state index contributed by atoms with van der Waals surface area (Å²) < 4.78 is 0. The quantitative estimate of drug-likeness (QED) is 0.436. The van der Waals surface area contributed by atoms with Gasteiger partial charge in [-0.2, -0.15) is 0 Å². The average molecular weight is 448 g/mol. The summed E-state index contributed by atoms with van der Waals surface area (Å²) in [6.45, 7) is 7.73. The highest BCUT2D eigenvalue weighted by molar-refractivity contribution is 7.99. The molecule has 0 saturated heterocycles. The highest BCUT2D eigenvalue weighted by Crippen LogP contribution is 2.61. The van der Waals surface area contributed by atoms with Crippen LogP contribution in [0.25, 0.3) is 11.0 Å². The van der Waals surface area contributed by atoms with Crippen LogP contribution in [0.5, 0.6) is 0 Å². The van der Waals surface area contributed by atoms with Crippen LogP contribution in [0.3, 0.4) is 0 Å². The van der Waals surface area contributed by atoms with E-state index in [2.05, 4.69) is 66.4 Å². The van der Waals surface area contributed by atoms with E-state index in [4.69, 9.17) is 0 Å². The number of aromatic nitrogens is 2. The van der Waals surface area contributed by atoms with Gasteiger partial charge < -0.3 is 10.3 Å². The molecule has 3 fully saturated rings. The predicted molar refractivity (Wildman–Crippen MR) is 132 cm³/mol. The van der Waals surface area contributed by atoms with Crippen LogP contribution in [0.1, 0.15) is 54.6 Å². The summed E-state index contributed by atoms with van der Waals surface area (Å²) in [5, 5.41) is 4.17. The van der Waals surface area contributed by atoms with E-state index in [1.165, 1.54) is 30.4 Å². The summed E-state index contributed by atoms with van der Waals surface area (Å²) in [5.41, 5.74) is 5.82. The summed E-state index contributed by atoms with van der Waals surface area (Å²) >= 11 is 1.74. The summed E-state index contributed by atoms with van der Waals surface area (Å²) in [7, 11) is 0. The van der Waals surface area contributed by atoms with E-state index >= 15 is 0 Å². The minimum absolute atomic E-state index is 0.0581. The Morgan fingerprint density at radius 2 is 2.00 bits per heavy atom. The molecular weight excluding hydrogens is 414 g/mol. The summed E-state index contributed by atoms with van der Waals surface area (Å²) in [6.07, 6.45) is 4.89. The molecule has 3 atom stereocenters. The third-order valence-electron chi connectivity index (χ3n) is 7.99. The number of nitrogens with one attached hydrogen (secondary N) is 2. The van der Waals surface area contributed by atoms with Crippen molar-refractivity contribution in [2.45, 2.75) is 51.6 Å². The molecule has 168 valence electrons. The largest absolute Gasteiger partial charge is 0.352 e. The average Bonchev–Trinajstić information content (AvgIpc) is 3.19. The first kappa shape index (κ1) is 21.6. The van der Waals surface area contributed by atoms with Gasteiger partial charge in [-0.15, -0.1) is 0 Å². The molecule has 1 aromatic heterocycles. The van der Waals surface area contributed by atoms with E-state index in [1.807, 2.05) is 12.1 Å². The van der Waals surface area contributed by atoms with Crippen molar-refractivity contribution in [2.75, 3.05) is 12.3 Å². The fourth-order valence-electron chi connectivity index (χ4n) is 5.79. The van der Waals surface area contributed by atoms with Crippen LogP contribution < -0.4 is 5.32 Å². The first-order valence-corrected chi connectivity index (χ1v) is 12.8. The summed E-state index contributed by atoms with van der Waals surface area (Å²) in [6, 6.07) is 14.4. The molecule has 2 bridgehead atoms. The molecule has 3 aliphatic rings. The normalized spacial score (nSPS) is 23.7. The van der Waals surface area contributed by atoms with E-state index < -0.39 is 0 Å². The number of thioether (sulfide) groups is 1. The van der Waals surface area contributed by atoms with Gasteiger partial charge in [-0.25, -0.2) is 4.98 Å². The molecule has 3 aliphatic carbocycles. The zero-order valence-corrected chi connectivity index (χ0v) is 20.1. The van der Waals surface area contributed by atoms with E-state index in [1.54, 1.807) is 11.8 Å². The third kappa shape index (κ3) is 4.19. The van der Waals surface area contributed by atoms with Gasteiger partial charge in [0.2, 0.25) is 0 Å². The zero-order valence-electron chi connectivity index (χ0n) is 19.3. The molecule has 0 radical (unpaired) electrons. The van der Waals surface area contributed by atoms with Gasteiger partial charge in [0.15, 0.2) is 5.16 Å². The maximum Gasteiger partial charge on any atom is 0.251 e. The number of benzene rings is 2. The summed E-state index contributed by atoms with van der Waals surface area (Å²) in [4.78, 5) is 20.7. The highest BCUT2D eigenvalue weighted by Gasteiger charge is 2.53. The molecule has 3 saturated carbocycles. The van der Waals surface area contributed by atoms with Crippen LogP contribution in [0.2, 0.25) is 0 Å². The second-order valence-corrected chi connectivity index (χ2v) is 11.3. The number of hydrogen-bond donors (Lipinski definition) is 2. The lowest BCUT2D eigenvalue weighted by molar-refractivity contribution is -0.103. The standard InChI is InChI=1S/C27H33N3OS/c1-17-4-11-23-24(14-17)30-26(29-23)32-13-12-18-5-7-19(8-6-18)25(31)28-16-20-9-10-21-15-22(20)27(21,2)3/h4-8,11,14,20-22H,9-10,12-13,15-16H2,1-3H3,(H,28,31)(H,29,30). The number of rotatable bonds is 7. The molecule has 3 aromatic rings. The smallest absolute Gasteiger partial charge is 0.251 e. The number of H-pyrrole nitrogens is 1. The Labute approximate surface area is 195 Å². The molecule has 1 heterocycles. The molecule has 0 spiro atoms. The first-order chi connectivity index (χ1) is 15.4. The second kappa shape index (κ2) is 8.58. The van der Waals surface area contributed by atoms with Crippen LogP contribution >= 0.6 is 11.8 Å². The number of imidazole rings is 1. The number of hydrogen-bond acceptors (Lipinski definition) is 3. The molecule has 32 heavy (non-hydrogen) atoms. The lowest BCUT2D eigenvalue weighted by Crippen LogP contribution is -2.54. The maximum atomic E-state index is 12.7. The van der Waals surface area contributed by atoms with Gasteiger partial charge in [0.25, 0.3) is 5.91 Å². The van der Waals surface area contributed by atoms with Gasteiger partial charge in [-0.05, 0) is 91.2 Å². The van der Waals surface area contributed by atoms with Gasteiger partial charge in [-0.1, -0.05) is 43.8 Å². The van der Waals surface area contributed by atoms with Gasteiger partial charge >= 0.3 is 0 Å². The lowest BCUT2D eigenvalue weighted by Gasteiger charge is -2.60. The molecule has 2 aromatic carbocycles. The van der Waals surface area contributed by atoms with Crippen LogP contribution in [0.4, 0.5) is 0 Å². The molecular formula is C27H33N3OS. The van der Waals surface area contributed by atoms with Crippen molar-refractivity contribution >= 4 is 28.7 Å². The van der Waals surface area contributed by atoms with Crippen molar-refractivity contribution in [2.24, 2.45) is 23.2 Å². The van der Waals surface area contributed by atoms with Crippen LogP contribution in [-0.2, 0) is 6.42 Å². The highest BCUT2D eigenvalue weighted by atomic mass is 32.2. The Kier molecular flexibility index (Phi) is 5.79. The Bertz CT molecular complexity index is 1120. The molecule has 0 aliphatic heterocycles. The topological polar surface area (TPSA) is 57.8 Å². The predicted octanol–water partition coefficient (Wildman–Crippen LogP) is 6.01. The van der Waals surface area contributed by atoms with Crippen molar-refractivity contribution in [3.05, 3.63) is 59.2 Å². The number of carbonyl (C=O) groups is 1. The van der Waals surface area contributed by atoms with E-state index in [0.29, 0.717) is 11.3 Å². The SMILES string of the molecule is Cc1ccc2nc(SCCc3ccc(C(=O)NCC4CCC5CC4C5(C)C)cc3)[nH]c2c1. The molecule has 1 amide bonds. The maximum absolute atomic E-state index is 12.7. The summed E-state index contributed by atoms with van der Waals surface area (Å²) in [5.74, 6) is 3.32. The number of carbonyl (C=O) groups excluding carboxylic acids is 1. The van der Waals surface area contributed by atoms with E-state index in [0.717, 1.165) is 52.3 Å². The number of amides is 1. The minimum Gasteiger partial charge on any atom is -0.352 e. The number of aromatic amines is 1. The Hall–Kier alpha value is -2.27. The van der Waals surface area contributed by atoms with E-state index in [-0.39, 0.29) is 5.91 Å². The fourth-order valence-corrected chi connectivity index (χ4v) is 6.67. The third-order valence-corrected chi connectivity index (χ3v) is 8.86. The van der Waals surface area contributed by atoms with Gasteiger partial charge in [0.05, 0.1) is 11.0 Å². The molecule has 5 heteroatoms. The monoisotopic (exact) mass is 447 g/mol. The van der Waals surface area contributed by atoms with Crippen LogP contribution in [-0.4, -0.2) is 28.2 Å². The Balaban J connectivity index is 1.10. The number of fused-ring (bicyclic) bond motifs is 3. The van der Waals surface area contributed by atoms with Crippen molar-refractivity contribution in [3.63, 3.8) is 0 Å². The van der Waals surface area contributed by atoms with Gasteiger partial charge in [-0.3, -0.25) is 4.79 Å². The number of aryl methyl sites for hydroxylation is 2. The Morgan fingerprint density at radius 1 is 1.19 bits per heavy atom. The minimum atomic E-state index is 0.0581. The van der Waals surface area contributed by atoms with Gasteiger partial charge in [0, 0.05) is 17.9 Å². The van der Waals surface area contributed by atoms with Crippen molar-refractivity contribution in [3.8, 4) is 0 Å². The van der Waals surface area contributed by atoms with Gasteiger partial charge in [0.1, 0.15) is 0 Å². The van der Waals surface area contributed by atoms with Crippen molar-refractivity contribution in [1.82, 2.24) is 15.3 Å². The Morgan fingerprint density at radius 3 is 2.75 bits per heavy atom. The van der Waals surface area contributed by atoms with Crippen molar-refractivity contribution in [1.29, 1.82) is 0 Å². The van der Waals surface area contributed by atoms with Crippen molar-refractivity contribution < 1.29 is 4.79 Å². The van der Waals surface area contributed by atoms with Crippen LogP contribution in [0.15, 0.2) is 47.6 Å². The zero-order chi connectivity index (χ0) is 22.3. The van der Waals surface area contributed by atoms with E-state index in [9.17, 15) is 4.79 Å². The molecule has 6 rings (SSSR count). The molecule has 4 nitrogen and oxygen atoms in total. The first-order valence-electron chi connectivity index (χ1n) is 11.9. The fraction of sp³-hybridized carbons (Fsp3) is 0.481. The molecule has 3 unspecified atom stereocenters.